The largest absolute Gasteiger partial charge is 0.477 e. The molecule has 6 heteroatoms. The number of esters is 1. The Morgan fingerprint density at radius 2 is 1.92 bits per heavy atom. The lowest BCUT2D eigenvalue weighted by Crippen LogP contribution is -2.30. The maximum Gasteiger partial charge on any atom is 0.344 e. The molecule has 0 fully saturated rings. The molecule has 0 saturated carbocycles. The van der Waals surface area contributed by atoms with E-state index in [0.29, 0.717) is 12.3 Å². The number of hydrogen-bond acceptors (Lipinski definition) is 5. The van der Waals surface area contributed by atoms with Crippen molar-refractivity contribution in [2.45, 2.75) is 26.9 Å². The zero-order valence-corrected chi connectivity index (χ0v) is 13.9. The maximum absolute atomic E-state index is 12.2. The molecule has 2 aromatic rings. The van der Waals surface area contributed by atoms with Gasteiger partial charge in [-0.1, -0.05) is 17.7 Å². The van der Waals surface area contributed by atoms with Gasteiger partial charge in [-0.25, -0.2) is 9.78 Å². The Morgan fingerprint density at radius 3 is 2.58 bits per heavy atom. The van der Waals surface area contributed by atoms with Gasteiger partial charge in [-0.15, -0.1) is 0 Å². The van der Waals surface area contributed by atoms with Crippen LogP contribution in [0.5, 0.6) is 5.88 Å². The Balaban J connectivity index is 2.00. The lowest BCUT2D eigenvalue weighted by molar-refractivity contribution is -0.123. The molecule has 0 radical (unpaired) electrons. The zero-order chi connectivity index (χ0) is 17.5. The maximum atomic E-state index is 12.2. The summed E-state index contributed by atoms with van der Waals surface area (Å²) in [4.78, 5) is 28.4. The molecule has 0 saturated heterocycles. The highest BCUT2D eigenvalue weighted by molar-refractivity contribution is 5.98. The van der Waals surface area contributed by atoms with E-state index in [0.717, 1.165) is 5.56 Å². The van der Waals surface area contributed by atoms with Crippen LogP contribution in [0.15, 0.2) is 42.6 Å². The molecule has 0 aliphatic carbocycles. The molecule has 1 heterocycles. The van der Waals surface area contributed by atoms with Gasteiger partial charge in [-0.05, 0) is 45.0 Å². The van der Waals surface area contributed by atoms with E-state index in [9.17, 15) is 9.59 Å². The van der Waals surface area contributed by atoms with Crippen LogP contribution in [0.3, 0.4) is 0 Å². The van der Waals surface area contributed by atoms with E-state index in [4.69, 9.17) is 9.47 Å². The number of ether oxygens (including phenoxy) is 2. The molecular formula is C18H20N2O4. The number of hydrogen-bond donors (Lipinski definition) is 1. The van der Waals surface area contributed by atoms with Crippen molar-refractivity contribution >= 4 is 17.6 Å². The van der Waals surface area contributed by atoms with Gasteiger partial charge in [0.25, 0.3) is 5.91 Å². The quantitative estimate of drug-likeness (QED) is 0.825. The van der Waals surface area contributed by atoms with Crippen molar-refractivity contribution in [2.75, 3.05) is 11.9 Å². The molecule has 1 atom stereocenters. The first-order chi connectivity index (χ1) is 11.5. The minimum Gasteiger partial charge on any atom is -0.477 e. The number of carbonyl (C=O) groups is 2. The monoisotopic (exact) mass is 328 g/mol. The second kappa shape index (κ2) is 8.10. The van der Waals surface area contributed by atoms with Crippen LogP contribution in [-0.2, 0) is 9.53 Å². The minimum absolute atomic E-state index is 0.189. The smallest absolute Gasteiger partial charge is 0.344 e. The van der Waals surface area contributed by atoms with Crippen molar-refractivity contribution in [3.63, 3.8) is 0 Å². The topological polar surface area (TPSA) is 77.5 Å². The number of nitrogens with one attached hydrogen (secondary N) is 1. The van der Waals surface area contributed by atoms with Gasteiger partial charge in [0.1, 0.15) is 5.56 Å². The van der Waals surface area contributed by atoms with Gasteiger partial charge in [0.2, 0.25) is 5.88 Å². The molecule has 2 rings (SSSR count). The van der Waals surface area contributed by atoms with E-state index >= 15 is 0 Å². The number of anilines is 1. The van der Waals surface area contributed by atoms with Crippen molar-refractivity contribution in [3.8, 4) is 5.88 Å². The molecule has 1 N–H and O–H groups in total. The fraction of sp³-hybridized carbons (Fsp3) is 0.278. The molecule has 1 aromatic carbocycles. The van der Waals surface area contributed by atoms with Gasteiger partial charge in [-0.2, -0.15) is 0 Å². The van der Waals surface area contributed by atoms with E-state index in [-0.39, 0.29) is 11.4 Å². The SMILES string of the molecule is CCOc1ncccc1C(=O)O[C@@H](C)C(=O)Nc1ccc(C)cc1. The molecule has 0 aliphatic heterocycles. The van der Waals surface area contributed by atoms with E-state index in [1.54, 1.807) is 31.2 Å². The summed E-state index contributed by atoms with van der Waals surface area (Å²) in [6.07, 6.45) is 0.573. The van der Waals surface area contributed by atoms with Gasteiger partial charge < -0.3 is 14.8 Å². The number of carbonyl (C=O) groups excluding carboxylic acids is 2. The molecule has 1 amide bonds. The van der Waals surface area contributed by atoms with Crippen LogP contribution >= 0.6 is 0 Å². The number of pyridine rings is 1. The molecule has 1 aromatic heterocycles. The van der Waals surface area contributed by atoms with Crippen LogP contribution < -0.4 is 10.1 Å². The highest BCUT2D eigenvalue weighted by Crippen LogP contribution is 2.17. The molecule has 0 bridgehead atoms. The molecule has 0 spiro atoms. The number of aromatic nitrogens is 1. The third kappa shape index (κ3) is 4.55. The van der Waals surface area contributed by atoms with Crippen molar-refractivity contribution in [1.82, 2.24) is 4.98 Å². The van der Waals surface area contributed by atoms with Crippen molar-refractivity contribution in [1.29, 1.82) is 0 Å². The van der Waals surface area contributed by atoms with Gasteiger partial charge in [0.05, 0.1) is 6.61 Å². The number of benzene rings is 1. The van der Waals surface area contributed by atoms with Gasteiger partial charge in [-0.3, -0.25) is 4.79 Å². The van der Waals surface area contributed by atoms with Crippen LogP contribution in [-0.4, -0.2) is 29.6 Å². The Kier molecular flexibility index (Phi) is 5.89. The minimum atomic E-state index is -0.950. The highest BCUT2D eigenvalue weighted by Gasteiger charge is 2.22. The third-order valence-electron chi connectivity index (χ3n) is 3.24. The van der Waals surface area contributed by atoms with Crippen molar-refractivity contribution in [3.05, 3.63) is 53.7 Å². The third-order valence-corrected chi connectivity index (χ3v) is 3.24. The summed E-state index contributed by atoms with van der Waals surface area (Å²) in [7, 11) is 0. The van der Waals surface area contributed by atoms with Crippen molar-refractivity contribution in [2.24, 2.45) is 0 Å². The average Bonchev–Trinajstić information content (AvgIpc) is 2.57. The molecule has 0 unspecified atom stereocenters. The number of aryl methyl sites for hydroxylation is 1. The zero-order valence-electron chi connectivity index (χ0n) is 13.9. The van der Waals surface area contributed by atoms with Gasteiger partial charge in [0, 0.05) is 11.9 Å². The number of rotatable bonds is 6. The molecular weight excluding hydrogens is 308 g/mol. The fourth-order valence-electron chi connectivity index (χ4n) is 1.96. The molecule has 126 valence electrons. The Hall–Kier alpha value is -2.89. The first kappa shape index (κ1) is 17.5. The van der Waals surface area contributed by atoms with Crippen LogP contribution in [0.25, 0.3) is 0 Å². The van der Waals surface area contributed by atoms with Gasteiger partial charge in [0.15, 0.2) is 6.10 Å². The molecule has 6 nitrogen and oxygen atoms in total. The summed E-state index contributed by atoms with van der Waals surface area (Å²) < 4.78 is 10.5. The van der Waals surface area contributed by atoms with Crippen LogP contribution in [0.4, 0.5) is 5.69 Å². The van der Waals surface area contributed by atoms with Crippen LogP contribution in [0.1, 0.15) is 29.8 Å². The summed E-state index contributed by atoms with van der Waals surface area (Å²) in [6, 6.07) is 10.5. The Morgan fingerprint density at radius 1 is 1.21 bits per heavy atom. The predicted octanol–water partition coefficient (Wildman–Crippen LogP) is 2.97. The summed E-state index contributed by atoms with van der Waals surface area (Å²) in [5.74, 6) is -0.872. The summed E-state index contributed by atoms with van der Waals surface area (Å²) >= 11 is 0. The normalized spacial score (nSPS) is 11.5. The molecule has 0 aliphatic rings. The van der Waals surface area contributed by atoms with E-state index in [1.807, 2.05) is 19.1 Å². The summed E-state index contributed by atoms with van der Waals surface area (Å²) in [5, 5.41) is 2.70. The summed E-state index contributed by atoms with van der Waals surface area (Å²) in [6.45, 7) is 5.64. The van der Waals surface area contributed by atoms with Gasteiger partial charge >= 0.3 is 5.97 Å². The second-order valence-electron chi connectivity index (χ2n) is 5.19. The van der Waals surface area contributed by atoms with Crippen LogP contribution in [0.2, 0.25) is 0 Å². The van der Waals surface area contributed by atoms with E-state index in [1.165, 1.54) is 13.1 Å². The number of nitrogens with zero attached hydrogens (tertiary/aromatic N) is 1. The fourth-order valence-corrected chi connectivity index (χ4v) is 1.96. The lowest BCUT2D eigenvalue weighted by Gasteiger charge is -2.14. The van der Waals surface area contributed by atoms with E-state index in [2.05, 4.69) is 10.3 Å². The number of amides is 1. The predicted molar refractivity (Wildman–Crippen MR) is 90.1 cm³/mol. The van der Waals surface area contributed by atoms with Crippen LogP contribution in [0, 0.1) is 6.92 Å². The standard InChI is InChI=1S/C18H20N2O4/c1-4-23-17-15(6-5-11-19-17)18(22)24-13(3)16(21)20-14-9-7-12(2)8-10-14/h5-11,13H,4H2,1-3H3,(H,20,21)/t13-/m0/s1. The Bertz CT molecular complexity index is 713. The summed E-state index contributed by atoms with van der Waals surface area (Å²) in [5.41, 5.74) is 1.92. The first-order valence-corrected chi connectivity index (χ1v) is 7.67. The Labute approximate surface area is 140 Å². The lowest BCUT2D eigenvalue weighted by atomic mass is 10.2. The van der Waals surface area contributed by atoms with Crippen molar-refractivity contribution < 1.29 is 19.1 Å². The first-order valence-electron chi connectivity index (χ1n) is 7.67. The second-order valence-corrected chi connectivity index (χ2v) is 5.19. The average molecular weight is 328 g/mol. The molecule has 24 heavy (non-hydrogen) atoms. The van der Waals surface area contributed by atoms with E-state index < -0.39 is 18.0 Å². The highest BCUT2D eigenvalue weighted by atomic mass is 16.5.